The van der Waals surface area contributed by atoms with Crippen molar-refractivity contribution in [2.75, 3.05) is 0 Å². The molecule has 0 amide bonds. The monoisotopic (exact) mass is 334 g/mol. The summed E-state index contributed by atoms with van der Waals surface area (Å²) < 4.78 is 0. The number of carbonyl (C=O) groups is 1. The Morgan fingerprint density at radius 1 is 1.12 bits per heavy atom. The highest BCUT2D eigenvalue weighted by atomic mass is 16.3. The molecule has 24 heavy (non-hydrogen) atoms. The van der Waals surface area contributed by atoms with E-state index in [0.717, 1.165) is 25.7 Å². The van der Waals surface area contributed by atoms with E-state index in [1.165, 1.54) is 19.3 Å². The third kappa shape index (κ3) is 3.36. The van der Waals surface area contributed by atoms with Gasteiger partial charge in [-0.1, -0.05) is 60.0 Å². The van der Waals surface area contributed by atoms with Crippen molar-refractivity contribution in [2.45, 2.75) is 85.7 Å². The normalized spacial score (nSPS) is 48.2. The third-order valence-electron chi connectivity index (χ3n) is 7.86. The summed E-state index contributed by atoms with van der Waals surface area (Å²) in [6.45, 7) is 15.3. The van der Waals surface area contributed by atoms with E-state index in [1.54, 1.807) is 0 Å². The first-order chi connectivity index (χ1) is 11.2. The molecule has 1 N–H and O–H groups in total. The molecule has 0 bridgehead atoms. The predicted molar refractivity (Wildman–Crippen MR) is 101 cm³/mol. The zero-order valence-corrected chi connectivity index (χ0v) is 16.5. The number of hydrogen-bond acceptors (Lipinski definition) is 2. The number of Topliss-reactive ketones (excluding diaryl/α,β-unsaturated/α-hetero) is 1. The first kappa shape index (κ1) is 19.7. The Bertz CT molecular complexity index is 471. The molecule has 0 aromatic heterocycles. The van der Waals surface area contributed by atoms with Gasteiger partial charge in [-0.2, -0.15) is 0 Å². The van der Waals surface area contributed by atoms with Crippen LogP contribution in [0.3, 0.4) is 0 Å². The molecule has 138 valence electrons. The molecule has 0 saturated heterocycles. The minimum Gasteiger partial charge on any atom is -0.392 e. The molecule has 0 spiro atoms. The third-order valence-corrected chi connectivity index (χ3v) is 7.86. The van der Waals surface area contributed by atoms with Crippen LogP contribution in [0.4, 0.5) is 0 Å². The van der Waals surface area contributed by atoms with Gasteiger partial charge in [0.15, 0.2) is 0 Å². The molecule has 2 fully saturated rings. The second-order valence-electron chi connectivity index (χ2n) is 9.36. The molecule has 2 saturated carbocycles. The topological polar surface area (TPSA) is 37.3 Å². The molecule has 2 unspecified atom stereocenters. The SMILES string of the molecule is C=C[C@]1(C)C[C@@H](C)[C@]2(C)C(C)CCCCCC(=O)C2C[C@@H](C)[C@@H]1O. The smallest absolute Gasteiger partial charge is 0.136 e. The number of rotatable bonds is 1. The molecular weight excluding hydrogens is 296 g/mol. The van der Waals surface area contributed by atoms with E-state index in [9.17, 15) is 9.90 Å². The predicted octanol–water partition coefficient (Wildman–Crippen LogP) is 5.40. The van der Waals surface area contributed by atoms with Crippen molar-refractivity contribution in [1.29, 1.82) is 0 Å². The van der Waals surface area contributed by atoms with Crippen molar-refractivity contribution < 1.29 is 9.90 Å². The Morgan fingerprint density at radius 3 is 2.42 bits per heavy atom. The first-order valence-corrected chi connectivity index (χ1v) is 10.0. The van der Waals surface area contributed by atoms with Gasteiger partial charge in [0, 0.05) is 17.8 Å². The van der Waals surface area contributed by atoms with Gasteiger partial charge >= 0.3 is 0 Å². The second-order valence-corrected chi connectivity index (χ2v) is 9.36. The lowest BCUT2D eigenvalue weighted by atomic mass is 9.52. The molecule has 2 heteroatoms. The lowest BCUT2D eigenvalue weighted by Crippen LogP contribution is -2.51. The number of fused-ring (bicyclic) bond motifs is 1. The van der Waals surface area contributed by atoms with Crippen LogP contribution >= 0.6 is 0 Å². The quantitative estimate of drug-likeness (QED) is 0.652. The van der Waals surface area contributed by atoms with Crippen LogP contribution in [0.1, 0.15) is 79.6 Å². The lowest BCUT2D eigenvalue weighted by Gasteiger charge is -2.53. The molecule has 0 radical (unpaired) electrons. The maximum Gasteiger partial charge on any atom is 0.136 e. The van der Waals surface area contributed by atoms with Crippen LogP contribution in [0, 0.1) is 34.5 Å². The summed E-state index contributed by atoms with van der Waals surface area (Å²) >= 11 is 0. The summed E-state index contributed by atoms with van der Waals surface area (Å²) in [4.78, 5) is 13.1. The van der Waals surface area contributed by atoms with E-state index >= 15 is 0 Å². The summed E-state index contributed by atoms with van der Waals surface area (Å²) in [5.74, 6) is 1.58. The highest BCUT2D eigenvalue weighted by Gasteiger charge is 2.52. The zero-order chi connectivity index (χ0) is 18.1. The van der Waals surface area contributed by atoms with Crippen LogP contribution in [0.25, 0.3) is 0 Å². The maximum atomic E-state index is 13.1. The molecule has 2 nitrogen and oxygen atoms in total. The number of ketones is 1. The molecule has 0 aromatic carbocycles. The Morgan fingerprint density at radius 2 is 1.79 bits per heavy atom. The standard InChI is InChI=1S/C22H38O2/c1-7-21(5)14-17(4)22(6)16(3)11-9-8-10-12-19(23)18(22)13-15(2)20(21)24/h7,15-18,20,24H,1,8-14H2,2-6H3/t15-,16?,17-,18?,20+,21-,22+/m1/s1. The van der Waals surface area contributed by atoms with Gasteiger partial charge in [0.05, 0.1) is 6.10 Å². The summed E-state index contributed by atoms with van der Waals surface area (Å²) in [5.41, 5.74) is -0.256. The fourth-order valence-electron chi connectivity index (χ4n) is 5.67. The van der Waals surface area contributed by atoms with Crippen LogP contribution in [0.15, 0.2) is 12.7 Å². The summed E-state index contributed by atoms with van der Waals surface area (Å²) in [5, 5.41) is 10.9. The van der Waals surface area contributed by atoms with E-state index in [1.807, 2.05) is 6.08 Å². The van der Waals surface area contributed by atoms with Gasteiger partial charge in [-0.25, -0.2) is 0 Å². The van der Waals surface area contributed by atoms with Crippen molar-refractivity contribution in [3.05, 3.63) is 12.7 Å². The molecular formula is C22H38O2. The van der Waals surface area contributed by atoms with Crippen LogP contribution in [-0.2, 0) is 4.79 Å². The number of aliphatic hydroxyl groups is 1. The lowest BCUT2D eigenvalue weighted by molar-refractivity contribution is -0.137. The molecule has 2 rings (SSSR count). The van der Waals surface area contributed by atoms with Gasteiger partial charge in [-0.3, -0.25) is 4.79 Å². The van der Waals surface area contributed by atoms with E-state index in [0.29, 0.717) is 17.6 Å². The molecule has 2 aliphatic rings. The molecule has 0 heterocycles. The van der Waals surface area contributed by atoms with E-state index < -0.39 is 6.10 Å². The van der Waals surface area contributed by atoms with Gasteiger partial charge in [0.2, 0.25) is 0 Å². The second kappa shape index (κ2) is 7.32. The number of hydrogen-bond donors (Lipinski definition) is 1. The van der Waals surface area contributed by atoms with Gasteiger partial charge in [-0.15, -0.1) is 6.58 Å². The Balaban J connectivity index is 2.49. The summed E-state index contributed by atoms with van der Waals surface area (Å²) in [6.07, 6.45) is 8.65. The van der Waals surface area contributed by atoms with Gasteiger partial charge in [-0.05, 0) is 42.4 Å². The van der Waals surface area contributed by atoms with Crippen molar-refractivity contribution >= 4 is 5.78 Å². The van der Waals surface area contributed by atoms with Crippen molar-refractivity contribution in [3.63, 3.8) is 0 Å². The maximum absolute atomic E-state index is 13.1. The van der Waals surface area contributed by atoms with Gasteiger partial charge < -0.3 is 5.11 Å². The van der Waals surface area contributed by atoms with Crippen LogP contribution in [-0.4, -0.2) is 17.0 Å². The fourth-order valence-corrected chi connectivity index (χ4v) is 5.67. The Labute approximate surface area is 149 Å². The summed E-state index contributed by atoms with van der Waals surface area (Å²) in [6, 6.07) is 0. The van der Waals surface area contributed by atoms with E-state index in [2.05, 4.69) is 41.2 Å². The van der Waals surface area contributed by atoms with Crippen molar-refractivity contribution in [1.82, 2.24) is 0 Å². The molecule has 2 aliphatic carbocycles. The van der Waals surface area contributed by atoms with Crippen LogP contribution < -0.4 is 0 Å². The van der Waals surface area contributed by atoms with Gasteiger partial charge in [0.1, 0.15) is 5.78 Å². The Kier molecular flexibility index (Phi) is 6.00. The summed E-state index contributed by atoms with van der Waals surface area (Å²) in [7, 11) is 0. The van der Waals surface area contributed by atoms with E-state index in [-0.39, 0.29) is 22.7 Å². The fraction of sp³-hybridized carbons (Fsp3) is 0.864. The average molecular weight is 335 g/mol. The first-order valence-electron chi connectivity index (χ1n) is 10.0. The van der Waals surface area contributed by atoms with Crippen LogP contribution in [0.5, 0.6) is 0 Å². The zero-order valence-electron chi connectivity index (χ0n) is 16.5. The van der Waals surface area contributed by atoms with E-state index in [4.69, 9.17) is 0 Å². The highest BCUT2D eigenvalue weighted by Crippen LogP contribution is 2.55. The van der Waals surface area contributed by atoms with Gasteiger partial charge in [0.25, 0.3) is 0 Å². The van der Waals surface area contributed by atoms with Crippen molar-refractivity contribution in [2.24, 2.45) is 34.5 Å². The molecule has 0 aliphatic heterocycles. The minimum atomic E-state index is -0.419. The Hall–Kier alpha value is -0.630. The largest absolute Gasteiger partial charge is 0.392 e. The molecule has 7 atom stereocenters. The minimum absolute atomic E-state index is 0.0140. The number of aliphatic hydroxyl groups excluding tert-OH is 1. The highest BCUT2D eigenvalue weighted by molar-refractivity contribution is 5.82. The number of carbonyl (C=O) groups excluding carboxylic acids is 1. The van der Waals surface area contributed by atoms with Crippen LogP contribution in [0.2, 0.25) is 0 Å². The average Bonchev–Trinajstić information content (AvgIpc) is 2.59. The molecule has 0 aromatic rings. The van der Waals surface area contributed by atoms with Crippen molar-refractivity contribution in [3.8, 4) is 0 Å².